The molecule has 2 aliphatic heterocycles. The van der Waals surface area contributed by atoms with Gasteiger partial charge in [-0.15, -0.1) is 0 Å². The minimum absolute atomic E-state index is 0.0741. The Hall–Kier alpha value is -3.71. The van der Waals surface area contributed by atoms with Gasteiger partial charge in [0.1, 0.15) is 29.4 Å². The third kappa shape index (κ3) is 5.05. The van der Waals surface area contributed by atoms with E-state index in [4.69, 9.17) is 4.74 Å². The van der Waals surface area contributed by atoms with Crippen LogP contribution in [0.5, 0.6) is 17.2 Å². The smallest absolute Gasteiger partial charge is 0.261 e. The Balaban J connectivity index is 1.38. The molecule has 1 amide bonds. The number of benzene rings is 3. The molecule has 1 unspecified atom stereocenters. The molecule has 182 valence electrons. The molecule has 1 fully saturated rings. The fourth-order valence-corrected chi connectivity index (χ4v) is 4.97. The van der Waals surface area contributed by atoms with Crippen LogP contribution < -0.4 is 10.1 Å². The minimum atomic E-state index is -0.313. The van der Waals surface area contributed by atoms with Crippen molar-refractivity contribution in [3.8, 4) is 17.2 Å². The number of likely N-dealkylation sites (N-methyl/N-ethyl adjacent to an activating group) is 1. The van der Waals surface area contributed by atoms with E-state index in [2.05, 4.69) is 35.5 Å². The van der Waals surface area contributed by atoms with E-state index < -0.39 is 0 Å². The van der Waals surface area contributed by atoms with Gasteiger partial charge in [0, 0.05) is 43.5 Å². The number of rotatable bonds is 6. The zero-order valence-corrected chi connectivity index (χ0v) is 19.9. The van der Waals surface area contributed by atoms with E-state index >= 15 is 0 Å². The first-order chi connectivity index (χ1) is 17.0. The fraction of sp³-hybridized carbons (Fsp3) is 0.321. The summed E-state index contributed by atoms with van der Waals surface area (Å²) in [5.74, 6) is -0.586. The van der Waals surface area contributed by atoms with Crippen LogP contribution in [0.25, 0.3) is 0 Å². The van der Waals surface area contributed by atoms with Gasteiger partial charge in [-0.25, -0.2) is 0 Å². The Morgan fingerprint density at radius 1 is 1.09 bits per heavy atom. The van der Waals surface area contributed by atoms with E-state index in [0.29, 0.717) is 19.1 Å². The number of hydrogen-bond donors (Lipinski definition) is 3. The number of carbonyl (C=O) groups is 1. The second-order valence-corrected chi connectivity index (χ2v) is 9.42. The maximum atomic E-state index is 13.6. The van der Waals surface area contributed by atoms with Gasteiger partial charge in [-0.05, 0) is 49.2 Å². The number of ether oxygens (including phenoxy) is 1. The van der Waals surface area contributed by atoms with E-state index in [-0.39, 0.29) is 35.3 Å². The molecule has 0 aromatic heterocycles. The Morgan fingerprint density at radius 3 is 2.69 bits per heavy atom. The highest BCUT2D eigenvalue weighted by molar-refractivity contribution is 6.00. The fourth-order valence-electron chi connectivity index (χ4n) is 4.97. The number of aromatic hydroxyl groups is 2. The van der Waals surface area contributed by atoms with Gasteiger partial charge in [0.15, 0.2) is 0 Å². The first kappa shape index (κ1) is 23.1. The lowest BCUT2D eigenvalue weighted by Gasteiger charge is -2.32. The molecule has 0 saturated carbocycles. The lowest BCUT2D eigenvalue weighted by atomic mass is 9.96. The van der Waals surface area contributed by atoms with E-state index in [1.807, 2.05) is 30.3 Å². The van der Waals surface area contributed by atoms with Crippen LogP contribution in [0.4, 0.5) is 5.69 Å². The maximum absolute atomic E-state index is 13.6. The zero-order valence-electron chi connectivity index (χ0n) is 19.9. The van der Waals surface area contributed by atoms with Gasteiger partial charge in [-0.2, -0.15) is 0 Å². The first-order valence-electron chi connectivity index (χ1n) is 12.1. The van der Waals surface area contributed by atoms with Crippen molar-refractivity contribution in [1.29, 1.82) is 0 Å². The number of likely N-dealkylation sites (tertiary alicyclic amines) is 1. The van der Waals surface area contributed by atoms with Gasteiger partial charge in [-0.3, -0.25) is 4.79 Å². The lowest BCUT2D eigenvalue weighted by Crippen LogP contribution is -2.37. The summed E-state index contributed by atoms with van der Waals surface area (Å²) < 4.78 is 5.90. The number of hydrogen-bond acceptors (Lipinski definition) is 6. The second kappa shape index (κ2) is 9.88. The average Bonchev–Trinajstić information content (AvgIpc) is 3.27. The molecule has 2 heterocycles. The molecule has 1 saturated heterocycles. The highest BCUT2D eigenvalue weighted by Crippen LogP contribution is 2.36. The third-order valence-electron chi connectivity index (χ3n) is 6.83. The number of phenols is 2. The highest BCUT2D eigenvalue weighted by atomic mass is 16.5. The summed E-state index contributed by atoms with van der Waals surface area (Å²) in [5.41, 5.74) is 4.42. The van der Waals surface area contributed by atoms with Crippen LogP contribution in [0.2, 0.25) is 0 Å². The molecule has 0 aliphatic carbocycles. The summed E-state index contributed by atoms with van der Waals surface area (Å²) in [6.45, 7) is 3.27. The molecule has 35 heavy (non-hydrogen) atoms. The third-order valence-corrected chi connectivity index (χ3v) is 6.83. The Labute approximate surface area is 205 Å². The van der Waals surface area contributed by atoms with Crippen LogP contribution in [0, 0.1) is 0 Å². The molecule has 7 heteroatoms. The molecule has 0 bridgehead atoms. The Morgan fingerprint density at radius 2 is 1.91 bits per heavy atom. The summed E-state index contributed by atoms with van der Waals surface area (Å²) in [6.07, 6.45) is 1.83. The first-order valence-corrected chi connectivity index (χ1v) is 12.1. The van der Waals surface area contributed by atoms with E-state index in [1.54, 1.807) is 4.90 Å². The van der Waals surface area contributed by atoms with Gasteiger partial charge in [0.2, 0.25) is 0 Å². The van der Waals surface area contributed by atoms with Crippen molar-refractivity contribution in [2.45, 2.75) is 32.0 Å². The number of amides is 1. The van der Waals surface area contributed by atoms with Gasteiger partial charge < -0.3 is 30.1 Å². The summed E-state index contributed by atoms with van der Waals surface area (Å²) in [5, 5.41) is 24.4. The number of nitrogens with one attached hydrogen (secondary N) is 1. The standard InChI is InChI=1S/C28H31N3O4/c1-30-12-11-21(16-30)29-24-9-5-8-20-10-13-31(17-23(20)24)28(34)27-25(33)14-22(32)15-26(27)35-18-19-6-3-2-4-7-19/h2-9,14-15,21,29,32-33H,10-13,16-18H2,1H3. The summed E-state index contributed by atoms with van der Waals surface area (Å²) in [7, 11) is 2.13. The molecule has 2 aliphatic rings. The molecule has 5 rings (SSSR count). The van der Waals surface area contributed by atoms with Crippen LogP contribution in [0.3, 0.4) is 0 Å². The van der Waals surface area contributed by atoms with Crippen LogP contribution in [-0.2, 0) is 19.6 Å². The molecule has 0 radical (unpaired) electrons. The summed E-state index contributed by atoms with van der Waals surface area (Å²) in [6, 6.07) is 18.8. The number of anilines is 1. The lowest BCUT2D eigenvalue weighted by molar-refractivity contribution is 0.0727. The van der Waals surface area contributed by atoms with Crippen molar-refractivity contribution < 1.29 is 19.7 Å². The quantitative estimate of drug-likeness (QED) is 0.502. The Bertz CT molecular complexity index is 1210. The topological polar surface area (TPSA) is 85.3 Å². The molecular weight excluding hydrogens is 442 g/mol. The second-order valence-electron chi connectivity index (χ2n) is 9.42. The largest absolute Gasteiger partial charge is 0.508 e. The predicted molar refractivity (Wildman–Crippen MR) is 135 cm³/mol. The van der Waals surface area contributed by atoms with Crippen LogP contribution in [0.15, 0.2) is 60.7 Å². The normalized spacial score (nSPS) is 17.7. The van der Waals surface area contributed by atoms with E-state index in [1.165, 1.54) is 17.7 Å². The van der Waals surface area contributed by atoms with Crippen molar-refractivity contribution in [3.63, 3.8) is 0 Å². The zero-order chi connectivity index (χ0) is 24.4. The number of fused-ring (bicyclic) bond motifs is 1. The SMILES string of the molecule is CN1CCC(Nc2cccc3c2CN(C(=O)c2c(O)cc(O)cc2OCc2ccccc2)CC3)C1. The molecule has 3 N–H and O–H groups in total. The van der Waals surface area contributed by atoms with E-state index in [9.17, 15) is 15.0 Å². The van der Waals surface area contributed by atoms with Crippen molar-refractivity contribution in [2.75, 3.05) is 32.0 Å². The molecule has 0 spiro atoms. The van der Waals surface area contributed by atoms with Gasteiger partial charge in [0.25, 0.3) is 5.91 Å². The van der Waals surface area contributed by atoms with Crippen molar-refractivity contribution in [3.05, 3.63) is 82.9 Å². The Kier molecular flexibility index (Phi) is 6.51. The monoisotopic (exact) mass is 473 g/mol. The van der Waals surface area contributed by atoms with Crippen LogP contribution in [0.1, 0.15) is 33.5 Å². The minimum Gasteiger partial charge on any atom is -0.508 e. The van der Waals surface area contributed by atoms with Crippen LogP contribution in [-0.4, -0.2) is 58.6 Å². The average molecular weight is 474 g/mol. The van der Waals surface area contributed by atoms with Crippen molar-refractivity contribution >= 4 is 11.6 Å². The molecular formula is C28H31N3O4. The van der Waals surface area contributed by atoms with Crippen molar-refractivity contribution in [1.82, 2.24) is 9.80 Å². The number of phenolic OH excluding ortho intramolecular Hbond substituents is 2. The van der Waals surface area contributed by atoms with Crippen LogP contribution >= 0.6 is 0 Å². The summed E-state index contributed by atoms with van der Waals surface area (Å²) in [4.78, 5) is 17.7. The van der Waals surface area contributed by atoms with E-state index in [0.717, 1.165) is 42.7 Å². The van der Waals surface area contributed by atoms with Gasteiger partial charge >= 0.3 is 0 Å². The van der Waals surface area contributed by atoms with Gasteiger partial charge in [0.05, 0.1) is 0 Å². The molecule has 1 atom stereocenters. The maximum Gasteiger partial charge on any atom is 0.261 e. The van der Waals surface area contributed by atoms with Crippen molar-refractivity contribution in [2.24, 2.45) is 0 Å². The summed E-state index contributed by atoms with van der Waals surface area (Å²) >= 11 is 0. The predicted octanol–water partition coefficient (Wildman–Crippen LogP) is 3.99. The molecule has 3 aromatic carbocycles. The number of carbonyl (C=O) groups excluding carboxylic acids is 1. The highest BCUT2D eigenvalue weighted by Gasteiger charge is 2.29. The molecule has 3 aromatic rings. The number of nitrogens with zero attached hydrogens (tertiary/aromatic N) is 2. The van der Waals surface area contributed by atoms with Gasteiger partial charge in [-0.1, -0.05) is 42.5 Å². The molecule has 7 nitrogen and oxygen atoms in total.